The van der Waals surface area contributed by atoms with Gasteiger partial charge in [0.2, 0.25) is 0 Å². The monoisotopic (exact) mass is 445 g/mol. The van der Waals surface area contributed by atoms with Crippen LogP contribution in [0.1, 0.15) is 44.2 Å². The van der Waals surface area contributed by atoms with Crippen LogP contribution in [-0.4, -0.2) is 32.3 Å². The van der Waals surface area contributed by atoms with Crippen molar-refractivity contribution in [2.24, 2.45) is 16.6 Å². The SMILES string of the molecule is Cc1ccccc1C1(CN=C(N)NCCC(C)C)CCOCC1.I. The molecule has 0 amide bonds. The molecule has 24 heavy (non-hydrogen) atoms. The Balaban J connectivity index is 0.00000288. The van der Waals surface area contributed by atoms with Crippen molar-refractivity contribution in [3.8, 4) is 0 Å². The highest BCUT2D eigenvalue weighted by molar-refractivity contribution is 14.0. The first-order valence-corrected chi connectivity index (χ1v) is 8.71. The molecule has 1 fully saturated rings. The topological polar surface area (TPSA) is 59.6 Å². The first-order chi connectivity index (χ1) is 11.0. The number of hydrogen-bond acceptors (Lipinski definition) is 2. The maximum absolute atomic E-state index is 6.06. The molecule has 4 nitrogen and oxygen atoms in total. The Labute approximate surface area is 163 Å². The van der Waals surface area contributed by atoms with Crippen LogP contribution in [0.15, 0.2) is 29.3 Å². The van der Waals surface area contributed by atoms with Crippen LogP contribution in [-0.2, 0) is 10.2 Å². The van der Waals surface area contributed by atoms with Gasteiger partial charge in [0.05, 0.1) is 6.54 Å². The smallest absolute Gasteiger partial charge is 0.188 e. The first kappa shape index (κ1) is 21.2. The lowest BCUT2D eigenvalue weighted by atomic mass is 9.72. The molecule has 1 aliphatic rings. The molecule has 0 spiro atoms. The van der Waals surface area contributed by atoms with Gasteiger partial charge in [-0.1, -0.05) is 38.1 Å². The van der Waals surface area contributed by atoms with Crippen molar-refractivity contribution in [1.29, 1.82) is 0 Å². The van der Waals surface area contributed by atoms with Crippen LogP contribution in [0.4, 0.5) is 0 Å². The molecule has 1 heterocycles. The summed E-state index contributed by atoms with van der Waals surface area (Å²) in [6.45, 7) is 9.80. The second kappa shape index (κ2) is 10.2. The number of rotatable bonds is 6. The van der Waals surface area contributed by atoms with Crippen LogP contribution in [0.25, 0.3) is 0 Å². The number of nitrogens with zero attached hydrogens (tertiary/aromatic N) is 1. The average molecular weight is 445 g/mol. The van der Waals surface area contributed by atoms with Crippen LogP contribution in [0.2, 0.25) is 0 Å². The van der Waals surface area contributed by atoms with E-state index >= 15 is 0 Å². The molecule has 0 bridgehead atoms. The van der Waals surface area contributed by atoms with E-state index in [0.717, 1.165) is 45.6 Å². The highest BCUT2D eigenvalue weighted by Crippen LogP contribution is 2.36. The summed E-state index contributed by atoms with van der Waals surface area (Å²) in [5.74, 6) is 1.23. The summed E-state index contributed by atoms with van der Waals surface area (Å²) < 4.78 is 5.59. The van der Waals surface area contributed by atoms with Gasteiger partial charge in [0.1, 0.15) is 0 Å². The van der Waals surface area contributed by atoms with E-state index in [1.54, 1.807) is 0 Å². The van der Waals surface area contributed by atoms with Crippen molar-refractivity contribution < 1.29 is 4.74 Å². The van der Waals surface area contributed by atoms with E-state index in [-0.39, 0.29) is 29.4 Å². The third-order valence-electron chi connectivity index (χ3n) is 4.75. The number of guanidine groups is 1. The van der Waals surface area contributed by atoms with Gasteiger partial charge in [-0.3, -0.25) is 4.99 Å². The van der Waals surface area contributed by atoms with Gasteiger partial charge in [-0.05, 0) is 43.2 Å². The predicted molar refractivity (Wildman–Crippen MR) is 112 cm³/mol. The van der Waals surface area contributed by atoms with Crippen molar-refractivity contribution in [1.82, 2.24) is 5.32 Å². The standard InChI is InChI=1S/C19H31N3O.HI/c1-15(2)8-11-21-18(20)22-14-19(9-12-23-13-10-19)17-7-5-4-6-16(17)3;/h4-7,15H,8-14H2,1-3H3,(H3,20,21,22);1H. The maximum Gasteiger partial charge on any atom is 0.188 e. The zero-order chi connectivity index (χ0) is 16.7. The number of hydrogen-bond donors (Lipinski definition) is 2. The minimum atomic E-state index is 0. The van der Waals surface area contributed by atoms with Crippen molar-refractivity contribution in [3.63, 3.8) is 0 Å². The maximum atomic E-state index is 6.06. The molecular formula is C19H32IN3O. The van der Waals surface area contributed by atoms with Gasteiger partial charge in [-0.2, -0.15) is 0 Å². The fourth-order valence-corrected chi connectivity index (χ4v) is 3.22. The normalized spacial score (nSPS) is 17.4. The molecule has 0 aliphatic carbocycles. The van der Waals surface area contributed by atoms with Crippen LogP contribution >= 0.6 is 24.0 Å². The Kier molecular flexibility index (Phi) is 9.05. The van der Waals surface area contributed by atoms with Crippen LogP contribution in [0, 0.1) is 12.8 Å². The summed E-state index contributed by atoms with van der Waals surface area (Å²) in [4.78, 5) is 4.66. The molecule has 0 saturated carbocycles. The van der Waals surface area contributed by atoms with E-state index in [1.165, 1.54) is 11.1 Å². The Bertz CT molecular complexity index is 525. The van der Waals surface area contributed by atoms with Gasteiger partial charge in [0, 0.05) is 25.2 Å². The molecular weight excluding hydrogens is 413 g/mol. The Morgan fingerprint density at radius 1 is 1.29 bits per heavy atom. The Morgan fingerprint density at radius 3 is 2.58 bits per heavy atom. The fraction of sp³-hybridized carbons (Fsp3) is 0.632. The fourth-order valence-electron chi connectivity index (χ4n) is 3.22. The van der Waals surface area contributed by atoms with Crippen molar-refractivity contribution >= 4 is 29.9 Å². The van der Waals surface area contributed by atoms with E-state index < -0.39 is 0 Å². The zero-order valence-corrected chi connectivity index (χ0v) is 17.5. The summed E-state index contributed by atoms with van der Waals surface area (Å²) >= 11 is 0. The minimum Gasteiger partial charge on any atom is -0.381 e. The minimum absolute atomic E-state index is 0. The molecule has 0 aromatic heterocycles. The number of ether oxygens (including phenoxy) is 1. The lowest BCUT2D eigenvalue weighted by Gasteiger charge is -2.37. The molecule has 0 atom stereocenters. The van der Waals surface area contributed by atoms with Crippen molar-refractivity contribution in [3.05, 3.63) is 35.4 Å². The summed E-state index contributed by atoms with van der Waals surface area (Å²) in [6, 6.07) is 8.63. The lowest BCUT2D eigenvalue weighted by molar-refractivity contribution is 0.0529. The van der Waals surface area contributed by atoms with E-state index in [9.17, 15) is 0 Å². The Hall–Kier alpha value is -0.820. The number of aryl methyl sites for hydroxylation is 1. The summed E-state index contributed by atoms with van der Waals surface area (Å²) in [7, 11) is 0. The molecule has 2 rings (SSSR count). The molecule has 136 valence electrons. The quantitative estimate of drug-likeness (QED) is 0.400. The summed E-state index contributed by atoms with van der Waals surface area (Å²) in [6.07, 6.45) is 3.11. The van der Waals surface area contributed by atoms with E-state index in [0.29, 0.717) is 11.9 Å². The summed E-state index contributed by atoms with van der Waals surface area (Å²) in [5.41, 5.74) is 8.83. The summed E-state index contributed by atoms with van der Waals surface area (Å²) in [5, 5.41) is 3.23. The van der Waals surface area contributed by atoms with Gasteiger partial charge >= 0.3 is 0 Å². The van der Waals surface area contributed by atoms with Gasteiger partial charge in [0.15, 0.2) is 5.96 Å². The third-order valence-corrected chi connectivity index (χ3v) is 4.75. The molecule has 3 N–H and O–H groups in total. The number of nitrogens with one attached hydrogen (secondary N) is 1. The van der Waals surface area contributed by atoms with Gasteiger partial charge < -0.3 is 15.8 Å². The number of halogens is 1. The van der Waals surface area contributed by atoms with E-state index in [2.05, 4.69) is 55.3 Å². The third kappa shape index (κ3) is 5.92. The zero-order valence-electron chi connectivity index (χ0n) is 15.2. The number of nitrogens with two attached hydrogens (primary N) is 1. The van der Waals surface area contributed by atoms with E-state index in [4.69, 9.17) is 10.5 Å². The molecule has 0 radical (unpaired) electrons. The lowest BCUT2D eigenvalue weighted by Crippen LogP contribution is -2.40. The molecule has 1 aromatic carbocycles. The number of aliphatic imine (C=N–C) groups is 1. The Morgan fingerprint density at radius 2 is 1.96 bits per heavy atom. The van der Waals surface area contributed by atoms with Crippen molar-refractivity contribution in [2.75, 3.05) is 26.3 Å². The largest absolute Gasteiger partial charge is 0.381 e. The van der Waals surface area contributed by atoms with Crippen LogP contribution < -0.4 is 11.1 Å². The van der Waals surface area contributed by atoms with Crippen LogP contribution in [0.5, 0.6) is 0 Å². The first-order valence-electron chi connectivity index (χ1n) is 8.71. The van der Waals surface area contributed by atoms with Crippen LogP contribution in [0.3, 0.4) is 0 Å². The molecule has 1 aliphatic heterocycles. The van der Waals surface area contributed by atoms with Crippen molar-refractivity contribution in [2.45, 2.75) is 45.4 Å². The molecule has 5 heteroatoms. The molecule has 1 aromatic rings. The number of benzene rings is 1. The second-order valence-electron chi connectivity index (χ2n) is 7.02. The van der Waals surface area contributed by atoms with E-state index in [1.807, 2.05) is 0 Å². The van der Waals surface area contributed by atoms with Gasteiger partial charge in [0.25, 0.3) is 0 Å². The predicted octanol–water partition coefficient (Wildman–Crippen LogP) is 3.61. The highest BCUT2D eigenvalue weighted by atomic mass is 127. The second-order valence-corrected chi connectivity index (χ2v) is 7.02. The van der Waals surface area contributed by atoms with Gasteiger partial charge in [-0.25, -0.2) is 0 Å². The average Bonchev–Trinajstić information content (AvgIpc) is 2.54. The van der Waals surface area contributed by atoms with Gasteiger partial charge in [-0.15, -0.1) is 24.0 Å². The molecule has 0 unspecified atom stereocenters. The highest BCUT2D eigenvalue weighted by Gasteiger charge is 2.35. The molecule has 1 saturated heterocycles.